The number of ether oxygens (including phenoxy) is 1. The molecular formula is C13H15F3O2. The van der Waals surface area contributed by atoms with Gasteiger partial charge in [-0.2, -0.15) is 13.2 Å². The molecule has 0 aliphatic carbocycles. The van der Waals surface area contributed by atoms with E-state index in [0.29, 0.717) is 11.3 Å². The van der Waals surface area contributed by atoms with Crippen molar-refractivity contribution < 1.29 is 22.7 Å². The van der Waals surface area contributed by atoms with Gasteiger partial charge in [0.15, 0.2) is 5.78 Å². The lowest BCUT2D eigenvalue weighted by Gasteiger charge is -2.11. The second-order valence-corrected chi connectivity index (χ2v) is 4.18. The molecule has 18 heavy (non-hydrogen) atoms. The molecule has 1 aromatic rings. The second kappa shape index (κ2) is 5.42. The van der Waals surface area contributed by atoms with E-state index in [-0.39, 0.29) is 0 Å². The number of rotatable bonds is 4. The quantitative estimate of drug-likeness (QED) is 0.769. The fourth-order valence-electron chi connectivity index (χ4n) is 1.83. The third kappa shape index (κ3) is 3.75. The SMILES string of the molecule is COc1c(C)cc(C(=O)CCC(F)(F)F)cc1C. The van der Waals surface area contributed by atoms with E-state index in [0.717, 1.165) is 11.1 Å². The minimum atomic E-state index is -4.30. The number of hydrogen-bond acceptors (Lipinski definition) is 2. The molecule has 0 aromatic heterocycles. The van der Waals surface area contributed by atoms with E-state index in [4.69, 9.17) is 4.74 Å². The molecule has 2 nitrogen and oxygen atoms in total. The number of ketones is 1. The maximum Gasteiger partial charge on any atom is 0.389 e. The first-order valence-corrected chi connectivity index (χ1v) is 5.50. The Morgan fingerprint density at radius 1 is 1.22 bits per heavy atom. The largest absolute Gasteiger partial charge is 0.496 e. The van der Waals surface area contributed by atoms with Crippen molar-refractivity contribution in [3.63, 3.8) is 0 Å². The Hall–Kier alpha value is -1.52. The Bertz CT molecular complexity index is 427. The topological polar surface area (TPSA) is 26.3 Å². The van der Waals surface area contributed by atoms with Gasteiger partial charge in [0, 0.05) is 12.0 Å². The van der Waals surface area contributed by atoms with Crippen LogP contribution in [0.5, 0.6) is 5.75 Å². The molecule has 0 unspecified atom stereocenters. The van der Waals surface area contributed by atoms with Crippen molar-refractivity contribution in [3.8, 4) is 5.75 Å². The van der Waals surface area contributed by atoms with Crippen LogP contribution in [0.25, 0.3) is 0 Å². The number of hydrogen-bond donors (Lipinski definition) is 0. The highest BCUT2D eigenvalue weighted by Gasteiger charge is 2.28. The summed E-state index contributed by atoms with van der Waals surface area (Å²) in [6, 6.07) is 3.12. The highest BCUT2D eigenvalue weighted by atomic mass is 19.4. The predicted octanol–water partition coefficient (Wildman–Crippen LogP) is 3.84. The number of benzene rings is 1. The van der Waals surface area contributed by atoms with Crippen LogP contribution in [-0.2, 0) is 0 Å². The monoisotopic (exact) mass is 260 g/mol. The molecular weight excluding hydrogens is 245 g/mol. The first kappa shape index (κ1) is 14.5. The van der Waals surface area contributed by atoms with Crippen LogP contribution in [-0.4, -0.2) is 19.1 Å². The average molecular weight is 260 g/mol. The molecule has 0 bridgehead atoms. The summed E-state index contributed by atoms with van der Waals surface area (Å²) in [6.45, 7) is 3.51. The van der Waals surface area contributed by atoms with Gasteiger partial charge >= 0.3 is 6.18 Å². The number of carbonyl (C=O) groups is 1. The second-order valence-electron chi connectivity index (χ2n) is 4.18. The molecule has 5 heteroatoms. The summed E-state index contributed by atoms with van der Waals surface area (Å²) in [7, 11) is 1.51. The summed E-state index contributed by atoms with van der Waals surface area (Å²) in [4.78, 5) is 11.7. The van der Waals surface area contributed by atoms with Gasteiger partial charge in [0.2, 0.25) is 0 Å². The molecule has 0 spiro atoms. The molecule has 0 amide bonds. The molecule has 0 aliphatic heterocycles. The summed E-state index contributed by atoms with van der Waals surface area (Å²) in [5.74, 6) is 0.156. The predicted molar refractivity (Wildman–Crippen MR) is 62.1 cm³/mol. The number of halogens is 3. The van der Waals surface area contributed by atoms with Crippen molar-refractivity contribution in [2.24, 2.45) is 0 Å². The molecule has 0 radical (unpaired) electrons. The van der Waals surface area contributed by atoms with E-state index in [1.165, 1.54) is 7.11 Å². The van der Waals surface area contributed by atoms with Crippen LogP contribution in [0.3, 0.4) is 0 Å². The number of alkyl halides is 3. The van der Waals surface area contributed by atoms with Crippen LogP contribution in [0.4, 0.5) is 13.2 Å². The lowest BCUT2D eigenvalue weighted by molar-refractivity contribution is -0.133. The standard InChI is InChI=1S/C13H15F3O2/c1-8-6-10(7-9(2)12(8)18-3)11(17)4-5-13(14,15)16/h6-7H,4-5H2,1-3H3. The minimum Gasteiger partial charge on any atom is -0.496 e. The van der Waals surface area contributed by atoms with Gasteiger partial charge in [0.1, 0.15) is 5.75 Å². The van der Waals surface area contributed by atoms with Gasteiger partial charge in [0.25, 0.3) is 0 Å². The average Bonchev–Trinajstić information content (AvgIpc) is 2.24. The van der Waals surface area contributed by atoms with Gasteiger partial charge < -0.3 is 4.74 Å². The van der Waals surface area contributed by atoms with Gasteiger partial charge in [-0.3, -0.25) is 4.79 Å². The van der Waals surface area contributed by atoms with Crippen LogP contribution in [0, 0.1) is 13.8 Å². The van der Waals surface area contributed by atoms with Gasteiger partial charge in [-0.25, -0.2) is 0 Å². The zero-order chi connectivity index (χ0) is 13.9. The molecule has 100 valence electrons. The Balaban J connectivity index is 2.88. The zero-order valence-electron chi connectivity index (χ0n) is 10.5. The van der Waals surface area contributed by atoms with E-state index < -0.39 is 24.8 Å². The lowest BCUT2D eigenvalue weighted by atomic mass is 10.0. The van der Waals surface area contributed by atoms with Crippen molar-refractivity contribution in [2.75, 3.05) is 7.11 Å². The van der Waals surface area contributed by atoms with Crippen LogP contribution in [0.2, 0.25) is 0 Å². The Kier molecular flexibility index (Phi) is 4.38. The van der Waals surface area contributed by atoms with Crippen LogP contribution >= 0.6 is 0 Å². The van der Waals surface area contributed by atoms with Crippen molar-refractivity contribution in [3.05, 3.63) is 28.8 Å². The summed E-state index contributed by atoms with van der Waals surface area (Å²) in [5, 5.41) is 0. The number of aryl methyl sites for hydroxylation is 2. The molecule has 0 fully saturated rings. The Morgan fingerprint density at radius 3 is 2.11 bits per heavy atom. The Labute approximate surface area is 104 Å². The zero-order valence-corrected chi connectivity index (χ0v) is 10.5. The van der Waals surface area contributed by atoms with E-state index >= 15 is 0 Å². The summed E-state index contributed by atoms with van der Waals surface area (Å²) < 4.78 is 41.2. The number of carbonyl (C=O) groups excluding carboxylic acids is 1. The van der Waals surface area contributed by atoms with E-state index in [9.17, 15) is 18.0 Å². The first-order chi connectivity index (χ1) is 8.24. The van der Waals surface area contributed by atoms with Gasteiger partial charge in [-0.1, -0.05) is 0 Å². The van der Waals surface area contributed by atoms with Crippen molar-refractivity contribution >= 4 is 5.78 Å². The van der Waals surface area contributed by atoms with Crippen molar-refractivity contribution in [1.82, 2.24) is 0 Å². The van der Waals surface area contributed by atoms with Crippen LogP contribution in [0.15, 0.2) is 12.1 Å². The summed E-state index contributed by atoms with van der Waals surface area (Å²) in [5.41, 5.74) is 1.79. The highest BCUT2D eigenvalue weighted by Crippen LogP contribution is 2.27. The Morgan fingerprint density at radius 2 is 1.72 bits per heavy atom. The smallest absolute Gasteiger partial charge is 0.389 e. The maximum absolute atomic E-state index is 12.0. The van der Waals surface area contributed by atoms with Gasteiger partial charge in [-0.05, 0) is 37.1 Å². The summed E-state index contributed by atoms with van der Waals surface area (Å²) in [6.07, 6.45) is -5.91. The highest BCUT2D eigenvalue weighted by molar-refractivity contribution is 5.96. The molecule has 0 heterocycles. The molecule has 0 saturated heterocycles. The molecule has 0 atom stereocenters. The van der Waals surface area contributed by atoms with E-state index in [2.05, 4.69) is 0 Å². The number of Topliss-reactive ketones (excluding diaryl/α,β-unsaturated/α-hetero) is 1. The minimum absolute atomic E-state index is 0.301. The molecule has 0 aliphatic rings. The molecule has 1 rings (SSSR count). The molecule has 0 N–H and O–H groups in total. The van der Waals surface area contributed by atoms with Gasteiger partial charge in [-0.15, -0.1) is 0 Å². The first-order valence-electron chi connectivity index (χ1n) is 5.50. The normalized spacial score (nSPS) is 11.4. The summed E-state index contributed by atoms with van der Waals surface area (Å²) >= 11 is 0. The lowest BCUT2D eigenvalue weighted by Crippen LogP contribution is -2.11. The van der Waals surface area contributed by atoms with E-state index in [1.807, 2.05) is 0 Å². The van der Waals surface area contributed by atoms with Crippen LogP contribution < -0.4 is 4.74 Å². The third-order valence-electron chi connectivity index (χ3n) is 2.62. The van der Waals surface area contributed by atoms with Crippen molar-refractivity contribution in [1.29, 1.82) is 0 Å². The number of methoxy groups -OCH3 is 1. The fraction of sp³-hybridized carbons (Fsp3) is 0.462. The molecule has 1 aromatic carbocycles. The van der Waals surface area contributed by atoms with Crippen molar-refractivity contribution in [2.45, 2.75) is 32.9 Å². The van der Waals surface area contributed by atoms with Gasteiger partial charge in [0.05, 0.1) is 13.5 Å². The molecule has 0 saturated carbocycles. The fourth-order valence-corrected chi connectivity index (χ4v) is 1.83. The maximum atomic E-state index is 12.0. The third-order valence-corrected chi connectivity index (χ3v) is 2.62. The van der Waals surface area contributed by atoms with E-state index in [1.54, 1.807) is 26.0 Å². The van der Waals surface area contributed by atoms with Crippen LogP contribution in [0.1, 0.15) is 34.3 Å².